The lowest BCUT2D eigenvalue weighted by atomic mass is 10.1. The van der Waals surface area contributed by atoms with Crippen molar-refractivity contribution in [3.05, 3.63) is 12.2 Å². The van der Waals surface area contributed by atoms with E-state index in [0.717, 1.165) is 57.8 Å². The Balaban J connectivity index is 4.40. The van der Waals surface area contributed by atoms with Crippen LogP contribution < -0.4 is 0 Å². The first-order chi connectivity index (χ1) is 21.2. The second-order valence-corrected chi connectivity index (χ2v) is 13.0. The minimum Gasteiger partial charge on any atom is -0.462 e. The van der Waals surface area contributed by atoms with Crippen molar-refractivity contribution in [2.75, 3.05) is 26.4 Å². The van der Waals surface area contributed by atoms with Crippen LogP contribution in [-0.2, 0) is 32.7 Å². The average molecular weight is 651 g/mol. The van der Waals surface area contributed by atoms with Crippen molar-refractivity contribution in [3.63, 3.8) is 0 Å². The molecule has 0 aromatic carbocycles. The Morgan fingerprint density at radius 1 is 0.659 bits per heavy atom. The third-order valence-electron chi connectivity index (χ3n) is 7.17. The van der Waals surface area contributed by atoms with Crippen LogP contribution in [0.25, 0.3) is 0 Å². The van der Waals surface area contributed by atoms with Crippen molar-refractivity contribution in [2.45, 2.75) is 161 Å². The van der Waals surface area contributed by atoms with Crippen molar-refractivity contribution in [1.82, 2.24) is 0 Å². The lowest BCUT2D eigenvalue weighted by Gasteiger charge is -2.20. The van der Waals surface area contributed by atoms with E-state index >= 15 is 0 Å². The third kappa shape index (κ3) is 29.4. The summed E-state index contributed by atoms with van der Waals surface area (Å²) in [5, 5.41) is 18.2. The van der Waals surface area contributed by atoms with E-state index in [1.807, 2.05) is 0 Å². The van der Waals surface area contributed by atoms with Gasteiger partial charge in [-0.3, -0.25) is 18.6 Å². The SMILES string of the molecule is CCCCCCC/C=C\CCCCCCCC(=O)OC(COC(=O)CCCCCCCCC)COP(=O)(O)OCC(O)CO. The number of esters is 2. The molecule has 3 unspecified atom stereocenters. The van der Waals surface area contributed by atoms with Crippen LogP contribution in [0.5, 0.6) is 0 Å². The first-order valence-corrected chi connectivity index (χ1v) is 18.6. The smallest absolute Gasteiger partial charge is 0.462 e. The van der Waals surface area contributed by atoms with Crippen molar-refractivity contribution in [2.24, 2.45) is 0 Å². The molecular formula is C33H63O10P. The summed E-state index contributed by atoms with van der Waals surface area (Å²) in [5.41, 5.74) is 0. The summed E-state index contributed by atoms with van der Waals surface area (Å²) in [6.45, 7) is 2.28. The topological polar surface area (TPSA) is 149 Å². The number of unbranched alkanes of at least 4 members (excludes halogenated alkanes) is 16. The summed E-state index contributed by atoms with van der Waals surface area (Å²) in [7, 11) is -4.60. The molecule has 0 saturated heterocycles. The average Bonchev–Trinajstić information content (AvgIpc) is 3.00. The molecule has 0 fully saturated rings. The number of carbonyl (C=O) groups excluding carboxylic acids is 2. The minimum absolute atomic E-state index is 0.177. The van der Waals surface area contributed by atoms with E-state index in [1.54, 1.807) is 0 Å². The van der Waals surface area contributed by atoms with E-state index in [9.17, 15) is 24.2 Å². The molecule has 0 aliphatic heterocycles. The highest BCUT2D eigenvalue weighted by molar-refractivity contribution is 7.47. The number of carbonyl (C=O) groups is 2. The van der Waals surface area contributed by atoms with Crippen LogP contribution in [0.15, 0.2) is 12.2 Å². The second kappa shape index (κ2) is 30.4. The lowest BCUT2D eigenvalue weighted by molar-refractivity contribution is -0.161. The molecule has 0 bridgehead atoms. The minimum atomic E-state index is -4.60. The monoisotopic (exact) mass is 650 g/mol. The summed E-state index contributed by atoms with van der Waals surface area (Å²) in [4.78, 5) is 34.5. The van der Waals surface area contributed by atoms with Gasteiger partial charge in [0.25, 0.3) is 0 Å². The highest BCUT2D eigenvalue weighted by Gasteiger charge is 2.27. The van der Waals surface area contributed by atoms with Gasteiger partial charge in [0.05, 0.1) is 19.8 Å². The Bertz CT molecular complexity index is 761. The summed E-state index contributed by atoms with van der Waals surface area (Å²) in [6.07, 6.45) is 23.5. The van der Waals surface area contributed by atoms with Crippen LogP contribution in [-0.4, -0.2) is 65.7 Å². The van der Waals surface area contributed by atoms with Crippen LogP contribution in [0.3, 0.4) is 0 Å². The number of phosphoric ester groups is 1. The van der Waals surface area contributed by atoms with Crippen molar-refractivity contribution in [1.29, 1.82) is 0 Å². The van der Waals surface area contributed by atoms with Crippen LogP contribution in [0, 0.1) is 0 Å². The van der Waals surface area contributed by atoms with Gasteiger partial charge in [0.15, 0.2) is 6.10 Å². The molecule has 0 rings (SSSR count). The van der Waals surface area contributed by atoms with Crippen LogP contribution >= 0.6 is 7.82 Å². The molecule has 3 atom stereocenters. The first kappa shape index (κ1) is 42.7. The van der Waals surface area contributed by atoms with E-state index in [-0.39, 0.29) is 19.4 Å². The summed E-state index contributed by atoms with van der Waals surface area (Å²) in [5.74, 6) is -0.941. The zero-order chi connectivity index (χ0) is 32.7. The maximum absolute atomic E-state index is 12.5. The van der Waals surface area contributed by atoms with E-state index in [0.29, 0.717) is 12.8 Å². The highest BCUT2D eigenvalue weighted by atomic mass is 31.2. The molecule has 0 spiro atoms. The standard InChI is InChI=1S/C33H63O10P/c1-3-5-7-9-11-12-13-14-15-16-17-19-21-23-25-33(37)43-31(29-42-44(38,39)41-27-30(35)26-34)28-40-32(36)24-22-20-18-10-8-6-4-2/h13-14,30-31,34-35H,3-12,15-29H2,1-2H3,(H,38,39)/b14-13-. The molecular weight excluding hydrogens is 587 g/mol. The van der Waals surface area contributed by atoms with Crippen molar-refractivity contribution >= 4 is 19.8 Å². The Morgan fingerprint density at radius 2 is 1.11 bits per heavy atom. The Kier molecular flexibility index (Phi) is 29.5. The zero-order valence-electron chi connectivity index (χ0n) is 27.6. The maximum atomic E-state index is 12.5. The normalized spacial score (nSPS) is 14.4. The van der Waals surface area contributed by atoms with Gasteiger partial charge in [-0.1, -0.05) is 109 Å². The molecule has 0 aromatic rings. The van der Waals surface area contributed by atoms with Crippen molar-refractivity contribution in [3.8, 4) is 0 Å². The van der Waals surface area contributed by atoms with Crippen LogP contribution in [0.2, 0.25) is 0 Å². The van der Waals surface area contributed by atoms with E-state index < -0.39 is 51.8 Å². The fourth-order valence-electron chi connectivity index (χ4n) is 4.46. The van der Waals surface area contributed by atoms with E-state index in [1.165, 1.54) is 51.4 Å². The summed E-state index contributed by atoms with van der Waals surface area (Å²) in [6, 6.07) is 0. The van der Waals surface area contributed by atoms with Gasteiger partial charge < -0.3 is 24.6 Å². The molecule has 0 amide bonds. The second-order valence-electron chi connectivity index (χ2n) is 11.5. The largest absolute Gasteiger partial charge is 0.472 e. The Labute approximate surface area is 266 Å². The number of hydrogen-bond acceptors (Lipinski definition) is 9. The molecule has 3 N–H and O–H groups in total. The summed E-state index contributed by atoms with van der Waals surface area (Å²) < 4.78 is 32.4. The van der Waals surface area contributed by atoms with Gasteiger partial charge >= 0.3 is 19.8 Å². The van der Waals surface area contributed by atoms with Gasteiger partial charge in [0.1, 0.15) is 12.7 Å². The molecule has 0 aliphatic carbocycles. The van der Waals surface area contributed by atoms with Crippen LogP contribution in [0.1, 0.15) is 149 Å². The number of hydrogen-bond donors (Lipinski definition) is 3. The molecule has 11 heteroatoms. The molecule has 10 nitrogen and oxygen atoms in total. The van der Waals surface area contributed by atoms with Gasteiger partial charge in [-0.2, -0.15) is 0 Å². The molecule has 0 radical (unpaired) electrons. The number of allylic oxidation sites excluding steroid dienone is 2. The predicted molar refractivity (Wildman–Crippen MR) is 173 cm³/mol. The van der Waals surface area contributed by atoms with E-state index in [4.69, 9.17) is 19.1 Å². The highest BCUT2D eigenvalue weighted by Crippen LogP contribution is 2.43. The third-order valence-corrected chi connectivity index (χ3v) is 8.12. The fraction of sp³-hybridized carbons (Fsp3) is 0.879. The molecule has 260 valence electrons. The predicted octanol–water partition coefficient (Wildman–Crippen LogP) is 7.72. The number of aliphatic hydroxyl groups is 2. The maximum Gasteiger partial charge on any atom is 0.472 e. The number of phosphoric acid groups is 1. The molecule has 0 aliphatic rings. The van der Waals surface area contributed by atoms with Gasteiger partial charge in [-0.15, -0.1) is 0 Å². The van der Waals surface area contributed by atoms with Gasteiger partial charge in [-0.25, -0.2) is 4.57 Å². The number of rotatable bonds is 32. The quantitative estimate of drug-likeness (QED) is 0.0286. The lowest BCUT2D eigenvalue weighted by Crippen LogP contribution is -2.29. The van der Waals surface area contributed by atoms with E-state index in [2.05, 4.69) is 30.5 Å². The van der Waals surface area contributed by atoms with Gasteiger partial charge in [0, 0.05) is 12.8 Å². The molecule has 0 saturated carbocycles. The zero-order valence-corrected chi connectivity index (χ0v) is 28.5. The summed E-state index contributed by atoms with van der Waals surface area (Å²) >= 11 is 0. The first-order valence-electron chi connectivity index (χ1n) is 17.1. The van der Waals surface area contributed by atoms with Gasteiger partial charge in [0.2, 0.25) is 0 Å². The molecule has 0 heterocycles. The fourth-order valence-corrected chi connectivity index (χ4v) is 5.25. The Hall–Kier alpha value is -1.29. The molecule has 0 aromatic heterocycles. The van der Waals surface area contributed by atoms with Crippen molar-refractivity contribution < 1.29 is 47.8 Å². The number of ether oxygens (including phenoxy) is 2. The molecule has 44 heavy (non-hydrogen) atoms. The Morgan fingerprint density at radius 3 is 1.64 bits per heavy atom. The van der Waals surface area contributed by atoms with Gasteiger partial charge in [-0.05, 0) is 38.5 Å². The van der Waals surface area contributed by atoms with Crippen LogP contribution in [0.4, 0.5) is 0 Å². The number of aliphatic hydroxyl groups excluding tert-OH is 2.